The Kier molecular flexibility index (Phi) is 5.00. The van der Waals surface area contributed by atoms with E-state index in [2.05, 4.69) is 0 Å². The number of halogens is 6. The van der Waals surface area contributed by atoms with Gasteiger partial charge in [0, 0.05) is 0 Å². The molecule has 2 rings (SSSR count). The second-order valence-corrected chi connectivity index (χ2v) is 7.89. The highest BCUT2D eigenvalue weighted by atomic mass is 35.6. The number of hydrogen-bond donors (Lipinski definition) is 1. The van der Waals surface area contributed by atoms with Crippen molar-refractivity contribution in [2.45, 2.75) is 36.2 Å². The molecule has 1 N–H and O–H groups in total. The Morgan fingerprint density at radius 2 is 1.91 bits per heavy atom. The minimum absolute atomic E-state index is 0.0221. The third-order valence-electron chi connectivity index (χ3n) is 3.77. The summed E-state index contributed by atoms with van der Waals surface area (Å²) in [6.45, 7) is 0.687. The fraction of sp³-hybridized carbons (Fsp3) is 0.500. The highest BCUT2D eigenvalue weighted by molar-refractivity contribution is 6.68. The molecule has 1 aliphatic carbocycles. The number of carbonyl (C=O) groups is 1. The van der Waals surface area contributed by atoms with Gasteiger partial charge in [-0.25, -0.2) is 4.79 Å². The Morgan fingerprint density at radius 3 is 2.39 bits per heavy atom. The summed E-state index contributed by atoms with van der Waals surface area (Å²) in [5, 5.41) is 9.41. The Labute approximate surface area is 145 Å². The van der Waals surface area contributed by atoms with Gasteiger partial charge in [-0.2, -0.15) is 13.2 Å². The van der Waals surface area contributed by atoms with Crippen LogP contribution in [0.4, 0.5) is 23.7 Å². The molecule has 0 atom stereocenters. The van der Waals surface area contributed by atoms with Gasteiger partial charge in [-0.3, -0.25) is 4.90 Å². The van der Waals surface area contributed by atoms with Crippen LogP contribution in [0, 0.1) is 6.92 Å². The predicted octanol–water partition coefficient (Wildman–Crippen LogP) is 5.36. The molecule has 1 aromatic carbocycles. The average molecular weight is 391 g/mol. The van der Waals surface area contributed by atoms with Crippen LogP contribution in [0.25, 0.3) is 0 Å². The molecule has 9 heteroatoms. The van der Waals surface area contributed by atoms with E-state index >= 15 is 0 Å². The maximum atomic E-state index is 13.3. The molecule has 0 aromatic heterocycles. The Balaban J connectivity index is 2.68. The van der Waals surface area contributed by atoms with Crippen molar-refractivity contribution in [1.29, 1.82) is 0 Å². The van der Waals surface area contributed by atoms with Gasteiger partial charge in [-0.1, -0.05) is 34.8 Å². The van der Waals surface area contributed by atoms with Crippen molar-refractivity contribution < 1.29 is 23.1 Å². The van der Waals surface area contributed by atoms with E-state index in [1.807, 2.05) is 0 Å². The number of aryl methyl sites for hydroxylation is 1. The molecule has 128 valence electrons. The van der Waals surface area contributed by atoms with Gasteiger partial charge in [0.05, 0.1) is 17.8 Å². The van der Waals surface area contributed by atoms with Crippen LogP contribution in [0.1, 0.15) is 28.7 Å². The minimum atomic E-state index is -4.58. The van der Waals surface area contributed by atoms with E-state index in [1.54, 1.807) is 0 Å². The Hall–Kier alpha value is -0.850. The lowest BCUT2D eigenvalue weighted by atomic mass is 9.96. The molecule has 0 fully saturated rings. The summed E-state index contributed by atoms with van der Waals surface area (Å²) in [4.78, 5) is 12.3. The zero-order chi connectivity index (χ0) is 17.6. The van der Waals surface area contributed by atoms with Crippen LogP contribution in [0.3, 0.4) is 0 Å². The maximum Gasteiger partial charge on any atom is 0.416 e. The number of benzene rings is 1. The smallest absolute Gasteiger partial charge is 0.416 e. The molecule has 1 aliphatic rings. The standard InChI is InChI=1S/C14H13Cl3F3NO2/c1-7-10(14(18,19)20)5-8-3-2-4-9(8)11(7)21(12(22)23)6-13(15,16)17/h5H,2-4,6H2,1H3,(H,22,23). The Morgan fingerprint density at radius 1 is 1.30 bits per heavy atom. The lowest BCUT2D eigenvalue weighted by molar-refractivity contribution is -0.138. The Bertz CT molecular complexity index is 642. The normalized spacial score (nSPS) is 14.7. The molecular weight excluding hydrogens is 378 g/mol. The maximum absolute atomic E-state index is 13.3. The molecule has 0 unspecified atom stereocenters. The topological polar surface area (TPSA) is 40.5 Å². The monoisotopic (exact) mass is 389 g/mol. The van der Waals surface area contributed by atoms with Crippen molar-refractivity contribution in [3.8, 4) is 0 Å². The number of nitrogens with zero attached hydrogens (tertiary/aromatic N) is 1. The van der Waals surface area contributed by atoms with Gasteiger partial charge in [0.1, 0.15) is 0 Å². The number of anilines is 1. The van der Waals surface area contributed by atoms with E-state index in [1.165, 1.54) is 6.92 Å². The molecule has 1 aromatic rings. The first-order chi connectivity index (χ1) is 10.4. The molecule has 0 saturated heterocycles. The number of fused-ring (bicyclic) bond motifs is 1. The van der Waals surface area contributed by atoms with Gasteiger partial charge in [-0.05, 0) is 48.9 Å². The van der Waals surface area contributed by atoms with E-state index in [0.717, 1.165) is 6.07 Å². The molecule has 0 heterocycles. The SMILES string of the molecule is Cc1c(C(F)(F)F)cc2c(c1N(CC(Cl)(Cl)Cl)C(=O)O)CCC2. The second-order valence-electron chi connectivity index (χ2n) is 5.37. The summed E-state index contributed by atoms with van der Waals surface area (Å²) < 4.78 is 37.8. The van der Waals surface area contributed by atoms with Crippen LogP contribution in [-0.4, -0.2) is 21.5 Å². The van der Waals surface area contributed by atoms with Gasteiger partial charge in [0.25, 0.3) is 0 Å². The minimum Gasteiger partial charge on any atom is -0.465 e. The quantitative estimate of drug-likeness (QED) is 0.691. The van der Waals surface area contributed by atoms with Crippen molar-refractivity contribution >= 4 is 46.6 Å². The summed E-state index contributed by atoms with van der Waals surface area (Å²) in [5.41, 5.74) is 0.0188. The zero-order valence-electron chi connectivity index (χ0n) is 12.0. The molecule has 0 radical (unpaired) electrons. The average Bonchev–Trinajstić information content (AvgIpc) is 2.81. The van der Waals surface area contributed by atoms with Crippen LogP contribution in [-0.2, 0) is 19.0 Å². The van der Waals surface area contributed by atoms with Crippen molar-refractivity contribution in [3.63, 3.8) is 0 Å². The number of alkyl halides is 6. The van der Waals surface area contributed by atoms with Crippen LogP contribution in [0.2, 0.25) is 0 Å². The van der Waals surface area contributed by atoms with E-state index in [-0.39, 0.29) is 11.3 Å². The first-order valence-electron chi connectivity index (χ1n) is 6.71. The van der Waals surface area contributed by atoms with E-state index < -0.39 is 28.2 Å². The van der Waals surface area contributed by atoms with E-state index in [4.69, 9.17) is 34.8 Å². The summed E-state index contributed by atoms with van der Waals surface area (Å²) >= 11 is 17.0. The van der Waals surface area contributed by atoms with Gasteiger partial charge >= 0.3 is 12.3 Å². The third-order valence-corrected chi connectivity index (χ3v) is 4.13. The molecule has 23 heavy (non-hydrogen) atoms. The van der Waals surface area contributed by atoms with E-state index in [0.29, 0.717) is 35.3 Å². The summed E-state index contributed by atoms with van der Waals surface area (Å²) in [5.74, 6) is 0. The van der Waals surface area contributed by atoms with Crippen LogP contribution >= 0.6 is 34.8 Å². The second kappa shape index (κ2) is 6.22. The molecular formula is C14H13Cl3F3NO2. The first kappa shape index (κ1) is 18.5. The molecule has 0 saturated carbocycles. The van der Waals surface area contributed by atoms with Crippen LogP contribution in [0.5, 0.6) is 0 Å². The summed E-state index contributed by atoms with van der Waals surface area (Å²) in [6.07, 6.45) is -4.43. The molecule has 3 nitrogen and oxygen atoms in total. The zero-order valence-corrected chi connectivity index (χ0v) is 14.2. The molecule has 0 aliphatic heterocycles. The summed E-state index contributed by atoms with van der Waals surface area (Å²) in [7, 11) is 0. The largest absolute Gasteiger partial charge is 0.465 e. The van der Waals surface area contributed by atoms with Gasteiger partial charge in [0.15, 0.2) is 0 Å². The number of rotatable bonds is 2. The van der Waals surface area contributed by atoms with Crippen molar-refractivity contribution in [2.75, 3.05) is 11.4 Å². The lowest BCUT2D eigenvalue weighted by Gasteiger charge is -2.28. The predicted molar refractivity (Wildman–Crippen MR) is 83.9 cm³/mol. The van der Waals surface area contributed by atoms with Crippen molar-refractivity contribution in [2.24, 2.45) is 0 Å². The van der Waals surface area contributed by atoms with Crippen molar-refractivity contribution in [1.82, 2.24) is 0 Å². The molecule has 0 spiro atoms. The lowest BCUT2D eigenvalue weighted by Crippen LogP contribution is -2.38. The fourth-order valence-corrected chi connectivity index (χ4v) is 3.27. The highest BCUT2D eigenvalue weighted by Gasteiger charge is 2.38. The van der Waals surface area contributed by atoms with Crippen molar-refractivity contribution in [3.05, 3.63) is 28.3 Å². The fourth-order valence-electron chi connectivity index (χ4n) is 2.91. The van der Waals surface area contributed by atoms with Gasteiger partial charge in [0.2, 0.25) is 3.79 Å². The van der Waals surface area contributed by atoms with E-state index in [9.17, 15) is 23.1 Å². The highest BCUT2D eigenvalue weighted by Crippen LogP contribution is 2.43. The number of hydrogen-bond acceptors (Lipinski definition) is 1. The van der Waals surface area contributed by atoms with Gasteiger partial charge in [-0.15, -0.1) is 0 Å². The van der Waals surface area contributed by atoms with Gasteiger partial charge < -0.3 is 5.11 Å². The van der Waals surface area contributed by atoms with Crippen LogP contribution in [0.15, 0.2) is 6.07 Å². The number of carboxylic acid groups (broad SMARTS) is 1. The molecule has 0 bridgehead atoms. The third kappa shape index (κ3) is 3.98. The first-order valence-corrected chi connectivity index (χ1v) is 7.85. The summed E-state index contributed by atoms with van der Waals surface area (Å²) in [6, 6.07) is 1.09. The molecule has 1 amide bonds. The number of amides is 1. The van der Waals surface area contributed by atoms with Crippen LogP contribution < -0.4 is 4.90 Å².